The summed E-state index contributed by atoms with van der Waals surface area (Å²) >= 11 is 13.6. The SMILES string of the molecule is CCNC(Cc1ccc(C)cc1Cl)c1cc(Br)ccc1Br. The van der Waals surface area contributed by atoms with Crippen LogP contribution in [0.2, 0.25) is 5.02 Å². The van der Waals surface area contributed by atoms with Crippen molar-refractivity contribution in [3.8, 4) is 0 Å². The number of aryl methyl sites for hydroxylation is 1. The first-order valence-electron chi connectivity index (χ1n) is 6.94. The van der Waals surface area contributed by atoms with E-state index in [0.717, 1.165) is 26.9 Å². The Labute approximate surface area is 148 Å². The molecular weight excluding hydrogens is 413 g/mol. The maximum absolute atomic E-state index is 6.38. The maximum Gasteiger partial charge on any atom is 0.0441 e. The van der Waals surface area contributed by atoms with E-state index in [1.54, 1.807) is 0 Å². The van der Waals surface area contributed by atoms with Crippen LogP contribution in [-0.4, -0.2) is 6.54 Å². The first kappa shape index (κ1) is 17.0. The van der Waals surface area contributed by atoms with Crippen molar-refractivity contribution in [1.82, 2.24) is 5.32 Å². The van der Waals surface area contributed by atoms with E-state index in [9.17, 15) is 0 Å². The number of hydrogen-bond acceptors (Lipinski definition) is 1. The van der Waals surface area contributed by atoms with Gasteiger partial charge in [-0.25, -0.2) is 0 Å². The smallest absolute Gasteiger partial charge is 0.0441 e. The molecule has 0 aliphatic rings. The van der Waals surface area contributed by atoms with Crippen LogP contribution in [0.4, 0.5) is 0 Å². The van der Waals surface area contributed by atoms with E-state index in [0.29, 0.717) is 0 Å². The molecule has 4 heteroatoms. The van der Waals surface area contributed by atoms with E-state index >= 15 is 0 Å². The molecule has 21 heavy (non-hydrogen) atoms. The van der Waals surface area contributed by atoms with Crippen LogP contribution in [0.25, 0.3) is 0 Å². The van der Waals surface area contributed by atoms with Gasteiger partial charge in [0.2, 0.25) is 0 Å². The third kappa shape index (κ3) is 4.56. The molecule has 0 amide bonds. The van der Waals surface area contributed by atoms with Gasteiger partial charge in [0.15, 0.2) is 0 Å². The molecule has 0 radical (unpaired) electrons. The van der Waals surface area contributed by atoms with Crippen LogP contribution < -0.4 is 5.32 Å². The molecule has 0 bridgehead atoms. The van der Waals surface area contributed by atoms with E-state index in [1.807, 2.05) is 12.1 Å². The number of likely N-dealkylation sites (N-methyl/N-ethyl adjacent to an activating group) is 1. The molecule has 1 atom stereocenters. The Bertz CT molecular complexity index is 628. The maximum atomic E-state index is 6.38. The Kier molecular flexibility index (Phi) is 6.30. The van der Waals surface area contributed by atoms with Crippen LogP contribution >= 0.6 is 43.5 Å². The molecule has 2 rings (SSSR count). The van der Waals surface area contributed by atoms with E-state index in [-0.39, 0.29) is 6.04 Å². The molecule has 0 heterocycles. The third-order valence-corrected chi connectivity index (χ3v) is 4.98. The second-order valence-corrected chi connectivity index (χ2v) is 7.25. The van der Waals surface area contributed by atoms with Crippen molar-refractivity contribution in [3.63, 3.8) is 0 Å². The molecule has 112 valence electrons. The highest BCUT2D eigenvalue weighted by atomic mass is 79.9. The van der Waals surface area contributed by atoms with Crippen LogP contribution in [0.15, 0.2) is 45.3 Å². The Balaban J connectivity index is 2.32. The van der Waals surface area contributed by atoms with Crippen molar-refractivity contribution in [1.29, 1.82) is 0 Å². The van der Waals surface area contributed by atoms with Crippen molar-refractivity contribution < 1.29 is 0 Å². The minimum Gasteiger partial charge on any atom is -0.310 e. The summed E-state index contributed by atoms with van der Waals surface area (Å²) in [5.41, 5.74) is 3.59. The molecule has 2 aromatic carbocycles. The molecule has 1 nitrogen and oxygen atoms in total. The van der Waals surface area contributed by atoms with Crippen molar-refractivity contribution in [2.75, 3.05) is 6.54 Å². The van der Waals surface area contributed by atoms with Crippen molar-refractivity contribution in [2.24, 2.45) is 0 Å². The van der Waals surface area contributed by atoms with Gasteiger partial charge in [-0.1, -0.05) is 62.5 Å². The van der Waals surface area contributed by atoms with Crippen molar-refractivity contribution in [2.45, 2.75) is 26.3 Å². The second kappa shape index (κ2) is 7.77. The molecular formula is C17H18Br2ClN. The summed E-state index contributed by atoms with van der Waals surface area (Å²) in [6, 6.07) is 12.7. The third-order valence-electron chi connectivity index (χ3n) is 3.42. The Morgan fingerprint density at radius 3 is 2.57 bits per heavy atom. The first-order valence-corrected chi connectivity index (χ1v) is 8.91. The molecule has 0 spiro atoms. The number of halogens is 3. The van der Waals surface area contributed by atoms with E-state index < -0.39 is 0 Å². The fraction of sp³-hybridized carbons (Fsp3) is 0.294. The van der Waals surface area contributed by atoms with E-state index in [4.69, 9.17) is 11.6 Å². The molecule has 0 aliphatic heterocycles. The van der Waals surface area contributed by atoms with Crippen LogP contribution in [0.5, 0.6) is 0 Å². The molecule has 0 saturated heterocycles. The van der Waals surface area contributed by atoms with Crippen LogP contribution in [0.1, 0.15) is 29.7 Å². The summed E-state index contributed by atoms with van der Waals surface area (Å²) in [7, 11) is 0. The average Bonchev–Trinajstić information content (AvgIpc) is 2.44. The highest BCUT2D eigenvalue weighted by molar-refractivity contribution is 9.11. The molecule has 0 aliphatic carbocycles. The molecule has 1 unspecified atom stereocenters. The summed E-state index contributed by atoms with van der Waals surface area (Å²) < 4.78 is 2.19. The molecule has 0 aromatic heterocycles. The lowest BCUT2D eigenvalue weighted by atomic mass is 9.98. The lowest BCUT2D eigenvalue weighted by Crippen LogP contribution is -2.23. The number of nitrogens with one attached hydrogen (secondary N) is 1. The van der Waals surface area contributed by atoms with Crippen LogP contribution in [0.3, 0.4) is 0 Å². The minimum absolute atomic E-state index is 0.224. The highest BCUT2D eigenvalue weighted by Crippen LogP contribution is 2.31. The highest BCUT2D eigenvalue weighted by Gasteiger charge is 2.16. The minimum atomic E-state index is 0.224. The van der Waals surface area contributed by atoms with Gasteiger partial charge in [-0.15, -0.1) is 0 Å². The van der Waals surface area contributed by atoms with Gasteiger partial charge in [0.1, 0.15) is 0 Å². The quantitative estimate of drug-likeness (QED) is 0.606. The monoisotopic (exact) mass is 429 g/mol. The zero-order valence-corrected chi connectivity index (χ0v) is 16.0. The summed E-state index contributed by atoms with van der Waals surface area (Å²) in [6.07, 6.45) is 0.863. The molecule has 1 N–H and O–H groups in total. The van der Waals surface area contributed by atoms with Gasteiger partial charge < -0.3 is 5.32 Å². The fourth-order valence-corrected chi connectivity index (χ4v) is 3.57. The van der Waals surface area contributed by atoms with E-state index in [1.165, 1.54) is 16.7 Å². The topological polar surface area (TPSA) is 12.0 Å². The number of hydrogen-bond donors (Lipinski definition) is 1. The lowest BCUT2D eigenvalue weighted by Gasteiger charge is -2.21. The van der Waals surface area contributed by atoms with Gasteiger partial charge in [-0.3, -0.25) is 0 Å². The summed E-state index contributed by atoms with van der Waals surface area (Å²) in [6.45, 7) is 5.09. The Morgan fingerprint density at radius 1 is 1.14 bits per heavy atom. The Hall–Kier alpha value is -0.350. The van der Waals surface area contributed by atoms with Crippen LogP contribution in [-0.2, 0) is 6.42 Å². The van der Waals surface area contributed by atoms with Gasteiger partial charge >= 0.3 is 0 Å². The van der Waals surface area contributed by atoms with Gasteiger partial charge in [-0.05, 0) is 60.8 Å². The zero-order valence-electron chi connectivity index (χ0n) is 12.1. The summed E-state index contributed by atoms with van der Waals surface area (Å²) in [4.78, 5) is 0. The van der Waals surface area contributed by atoms with Gasteiger partial charge in [0.25, 0.3) is 0 Å². The van der Waals surface area contributed by atoms with Gasteiger partial charge in [0, 0.05) is 20.0 Å². The predicted molar refractivity (Wildman–Crippen MR) is 98.2 cm³/mol. The van der Waals surface area contributed by atoms with Gasteiger partial charge in [-0.2, -0.15) is 0 Å². The van der Waals surface area contributed by atoms with Gasteiger partial charge in [0.05, 0.1) is 0 Å². The van der Waals surface area contributed by atoms with E-state index in [2.05, 4.69) is 75.3 Å². The van der Waals surface area contributed by atoms with Crippen molar-refractivity contribution >= 4 is 43.5 Å². The zero-order chi connectivity index (χ0) is 15.4. The van der Waals surface area contributed by atoms with Crippen LogP contribution in [0, 0.1) is 6.92 Å². The van der Waals surface area contributed by atoms with Crippen molar-refractivity contribution in [3.05, 3.63) is 67.1 Å². The standard InChI is InChI=1S/C17H18Br2ClN/c1-3-21-17(14-10-13(18)6-7-15(14)19)9-12-5-4-11(2)8-16(12)20/h4-8,10,17,21H,3,9H2,1-2H3. The summed E-state index contributed by atoms with van der Waals surface area (Å²) in [5, 5.41) is 4.38. The predicted octanol–water partition coefficient (Wildman–Crippen LogP) is 6.07. The average molecular weight is 432 g/mol. The number of benzene rings is 2. The fourth-order valence-electron chi connectivity index (χ4n) is 2.36. The largest absolute Gasteiger partial charge is 0.310 e. The first-order chi connectivity index (χ1) is 10.0. The molecule has 2 aromatic rings. The molecule has 0 saturated carbocycles. The summed E-state index contributed by atoms with van der Waals surface area (Å²) in [5.74, 6) is 0. The lowest BCUT2D eigenvalue weighted by molar-refractivity contribution is 0.548. The molecule has 0 fully saturated rings. The Morgan fingerprint density at radius 2 is 1.90 bits per heavy atom. The number of rotatable bonds is 5. The normalized spacial score (nSPS) is 12.4. The second-order valence-electron chi connectivity index (χ2n) is 5.08.